The third-order valence-electron chi connectivity index (χ3n) is 2.21. The van der Waals surface area contributed by atoms with E-state index in [1.54, 1.807) is 6.07 Å². The number of benzene rings is 1. The van der Waals surface area contributed by atoms with Crippen molar-refractivity contribution in [2.45, 2.75) is 26.3 Å². The summed E-state index contributed by atoms with van der Waals surface area (Å²) in [7, 11) is -3.17. The lowest BCUT2D eigenvalue weighted by Crippen LogP contribution is -2.25. The lowest BCUT2D eigenvalue weighted by molar-refractivity contribution is 0.578. The fraction of sp³-hybridized carbons (Fsp3) is 0.455. The molecule has 1 aromatic carbocycles. The summed E-state index contributed by atoms with van der Waals surface area (Å²) < 4.78 is 25.6. The van der Waals surface area contributed by atoms with Gasteiger partial charge in [0, 0.05) is 11.6 Å². The lowest BCUT2D eigenvalue weighted by atomic mass is 10.2. The van der Waals surface area contributed by atoms with Crippen molar-refractivity contribution >= 4 is 21.6 Å². The molecule has 3 nitrogen and oxygen atoms in total. The van der Waals surface area contributed by atoms with E-state index in [-0.39, 0.29) is 12.3 Å². The Labute approximate surface area is 102 Å². The number of halogens is 1. The summed E-state index contributed by atoms with van der Waals surface area (Å²) >= 11 is 5.92. The van der Waals surface area contributed by atoms with Crippen molar-refractivity contribution in [3.8, 4) is 0 Å². The Morgan fingerprint density at radius 2 is 2.00 bits per heavy atom. The molecule has 0 radical (unpaired) electrons. The Morgan fingerprint density at radius 3 is 2.62 bits per heavy atom. The zero-order chi connectivity index (χ0) is 12.0. The highest BCUT2D eigenvalue weighted by Crippen LogP contribution is 2.14. The summed E-state index contributed by atoms with van der Waals surface area (Å²) in [5.41, 5.74) is 0.796. The van der Waals surface area contributed by atoms with Gasteiger partial charge in [-0.1, -0.05) is 43.1 Å². The SMILES string of the molecule is CCCCS(=O)(=O)NCc1ccccc1Cl. The van der Waals surface area contributed by atoms with Crippen LogP contribution < -0.4 is 4.72 Å². The van der Waals surface area contributed by atoms with Gasteiger partial charge in [0.05, 0.1) is 5.75 Å². The highest BCUT2D eigenvalue weighted by molar-refractivity contribution is 7.89. The van der Waals surface area contributed by atoms with Crippen LogP contribution in [-0.2, 0) is 16.6 Å². The van der Waals surface area contributed by atoms with Crippen LogP contribution in [0.25, 0.3) is 0 Å². The molecule has 0 aliphatic heterocycles. The summed E-state index contributed by atoms with van der Waals surface area (Å²) in [6, 6.07) is 7.21. The van der Waals surface area contributed by atoms with Crippen molar-refractivity contribution in [1.82, 2.24) is 4.72 Å². The monoisotopic (exact) mass is 261 g/mol. The van der Waals surface area contributed by atoms with Crippen LogP contribution in [0, 0.1) is 0 Å². The highest BCUT2D eigenvalue weighted by atomic mass is 35.5. The van der Waals surface area contributed by atoms with Gasteiger partial charge in [0.15, 0.2) is 0 Å². The van der Waals surface area contributed by atoms with E-state index < -0.39 is 10.0 Å². The lowest BCUT2D eigenvalue weighted by Gasteiger charge is -2.07. The molecule has 0 atom stereocenters. The van der Waals surface area contributed by atoms with Gasteiger partial charge >= 0.3 is 0 Å². The van der Waals surface area contributed by atoms with Crippen molar-refractivity contribution in [3.63, 3.8) is 0 Å². The van der Waals surface area contributed by atoms with E-state index in [1.165, 1.54) is 0 Å². The third-order valence-corrected chi connectivity index (χ3v) is 3.99. The van der Waals surface area contributed by atoms with Crippen LogP contribution in [0.1, 0.15) is 25.3 Å². The van der Waals surface area contributed by atoms with Crippen LogP contribution in [0.15, 0.2) is 24.3 Å². The van der Waals surface area contributed by atoms with E-state index in [2.05, 4.69) is 4.72 Å². The first-order valence-corrected chi connectivity index (χ1v) is 7.29. The smallest absolute Gasteiger partial charge is 0.211 e. The van der Waals surface area contributed by atoms with Crippen LogP contribution in [0.2, 0.25) is 5.02 Å². The van der Waals surface area contributed by atoms with Crippen LogP contribution in [-0.4, -0.2) is 14.2 Å². The molecule has 0 fully saturated rings. The summed E-state index contributed by atoms with van der Waals surface area (Å²) in [6.07, 6.45) is 1.55. The van der Waals surface area contributed by atoms with E-state index in [1.807, 2.05) is 25.1 Å². The quantitative estimate of drug-likeness (QED) is 0.856. The maximum absolute atomic E-state index is 11.5. The minimum absolute atomic E-state index is 0.175. The van der Waals surface area contributed by atoms with Gasteiger partial charge in [-0.3, -0.25) is 0 Å². The maximum atomic E-state index is 11.5. The molecule has 0 saturated carbocycles. The first-order valence-electron chi connectivity index (χ1n) is 5.26. The molecule has 0 bridgehead atoms. The Morgan fingerprint density at radius 1 is 1.31 bits per heavy atom. The average molecular weight is 262 g/mol. The zero-order valence-electron chi connectivity index (χ0n) is 9.24. The van der Waals surface area contributed by atoms with E-state index in [4.69, 9.17) is 11.6 Å². The molecule has 0 aromatic heterocycles. The molecule has 0 heterocycles. The van der Waals surface area contributed by atoms with Crippen molar-refractivity contribution in [1.29, 1.82) is 0 Å². The van der Waals surface area contributed by atoms with Gasteiger partial charge in [-0.25, -0.2) is 13.1 Å². The predicted molar refractivity (Wildman–Crippen MR) is 67.0 cm³/mol. The Bertz CT molecular complexity index is 431. The largest absolute Gasteiger partial charge is 0.212 e. The molecule has 1 rings (SSSR count). The van der Waals surface area contributed by atoms with Gasteiger partial charge in [-0.2, -0.15) is 0 Å². The Kier molecular flexibility index (Phi) is 5.25. The molecule has 0 aliphatic carbocycles. The zero-order valence-corrected chi connectivity index (χ0v) is 10.8. The van der Waals surface area contributed by atoms with Crippen molar-refractivity contribution in [3.05, 3.63) is 34.9 Å². The molecule has 0 amide bonds. The number of sulfonamides is 1. The molecule has 90 valence electrons. The van der Waals surface area contributed by atoms with Gasteiger partial charge in [0.1, 0.15) is 0 Å². The number of unbranched alkanes of at least 4 members (excludes halogenated alkanes) is 1. The van der Waals surface area contributed by atoms with Gasteiger partial charge in [-0.05, 0) is 18.1 Å². The third kappa shape index (κ3) is 4.51. The molecular formula is C11H16ClNO2S. The van der Waals surface area contributed by atoms with Crippen molar-refractivity contribution in [2.24, 2.45) is 0 Å². The Hall–Kier alpha value is -0.580. The second-order valence-corrected chi connectivity index (χ2v) is 5.92. The van der Waals surface area contributed by atoms with Gasteiger partial charge < -0.3 is 0 Å². The fourth-order valence-electron chi connectivity index (χ4n) is 1.24. The van der Waals surface area contributed by atoms with E-state index in [9.17, 15) is 8.42 Å². The fourth-order valence-corrected chi connectivity index (χ4v) is 2.63. The number of nitrogens with one attached hydrogen (secondary N) is 1. The summed E-state index contributed by atoms with van der Waals surface area (Å²) in [5, 5.41) is 0.584. The molecule has 0 aliphatic rings. The van der Waals surface area contributed by atoms with Crippen molar-refractivity contribution < 1.29 is 8.42 Å². The second-order valence-electron chi connectivity index (χ2n) is 3.58. The van der Waals surface area contributed by atoms with Crippen LogP contribution in [0.3, 0.4) is 0 Å². The molecule has 0 saturated heterocycles. The topological polar surface area (TPSA) is 46.2 Å². The van der Waals surface area contributed by atoms with Gasteiger partial charge in [-0.15, -0.1) is 0 Å². The standard InChI is InChI=1S/C11H16ClNO2S/c1-2-3-8-16(14,15)13-9-10-6-4-5-7-11(10)12/h4-7,13H,2-3,8-9H2,1H3. The molecular weight excluding hydrogens is 246 g/mol. The molecule has 0 unspecified atom stereocenters. The van der Waals surface area contributed by atoms with Crippen molar-refractivity contribution in [2.75, 3.05) is 5.75 Å². The van der Waals surface area contributed by atoms with Crippen LogP contribution >= 0.6 is 11.6 Å². The minimum Gasteiger partial charge on any atom is -0.212 e. The molecule has 0 spiro atoms. The molecule has 1 N–H and O–H groups in total. The van der Waals surface area contributed by atoms with Gasteiger partial charge in [0.25, 0.3) is 0 Å². The summed E-state index contributed by atoms with van der Waals surface area (Å²) in [5.74, 6) is 0.175. The average Bonchev–Trinajstić information content (AvgIpc) is 2.26. The first-order chi connectivity index (χ1) is 7.55. The summed E-state index contributed by atoms with van der Waals surface area (Å²) in [6.45, 7) is 2.22. The molecule has 5 heteroatoms. The van der Waals surface area contributed by atoms with E-state index in [0.29, 0.717) is 11.4 Å². The van der Waals surface area contributed by atoms with Crippen LogP contribution in [0.5, 0.6) is 0 Å². The van der Waals surface area contributed by atoms with Crippen LogP contribution in [0.4, 0.5) is 0 Å². The highest BCUT2D eigenvalue weighted by Gasteiger charge is 2.09. The Balaban J connectivity index is 2.55. The summed E-state index contributed by atoms with van der Waals surface area (Å²) in [4.78, 5) is 0. The second kappa shape index (κ2) is 6.23. The number of hydrogen-bond donors (Lipinski definition) is 1. The predicted octanol–water partition coefficient (Wildman–Crippen LogP) is 2.56. The number of rotatable bonds is 6. The first kappa shape index (κ1) is 13.5. The van der Waals surface area contributed by atoms with E-state index >= 15 is 0 Å². The molecule has 16 heavy (non-hydrogen) atoms. The van der Waals surface area contributed by atoms with E-state index in [0.717, 1.165) is 12.0 Å². The molecule has 1 aromatic rings. The normalized spacial score (nSPS) is 11.6. The minimum atomic E-state index is -3.17. The maximum Gasteiger partial charge on any atom is 0.211 e. The van der Waals surface area contributed by atoms with Gasteiger partial charge in [0.2, 0.25) is 10.0 Å². The number of hydrogen-bond acceptors (Lipinski definition) is 2.